The maximum atomic E-state index is 5.62. The summed E-state index contributed by atoms with van der Waals surface area (Å²) < 4.78 is 5.62. The fourth-order valence-corrected chi connectivity index (χ4v) is 1.55. The first-order chi connectivity index (χ1) is 9.42. The second-order valence-electron chi connectivity index (χ2n) is 3.77. The standard InChI is InChI=1S/C13H11N5O/c1-2-4-12(5-3-1)19-10-11-6-7-14-13(17-11)18-15-8-9-16-18/h1-9H,10H2. The van der Waals surface area contributed by atoms with Crippen LogP contribution in [0.4, 0.5) is 0 Å². The summed E-state index contributed by atoms with van der Waals surface area (Å²) in [5.41, 5.74) is 0.770. The maximum Gasteiger partial charge on any atom is 0.269 e. The zero-order valence-corrected chi connectivity index (χ0v) is 10.0. The van der Waals surface area contributed by atoms with Gasteiger partial charge in [0.15, 0.2) is 0 Å². The Labute approximate surface area is 109 Å². The molecule has 0 fully saturated rings. The molecule has 0 atom stereocenters. The first-order valence-corrected chi connectivity index (χ1v) is 5.78. The summed E-state index contributed by atoms with van der Waals surface area (Å²) in [6, 6.07) is 11.4. The molecule has 0 saturated carbocycles. The molecule has 0 radical (unpaired) electrons. The van der Waals surface area contributed by atoms with E-state index in [1.165, 1.54) is 4.80 Å². The molecule has 3 rings (SSSR count). The lowest BCUT2D eigenvalue weighted by molar-refractivity contribution is 0.300. The van der Waals surface area contributed by atoms with Crippen molar-refractivity contribution in [3.05, 3.63) is 60.7 Å². The number of hydrogen-bond acceptors (Lipinski definition) is 5. The Morgan fingerprint density at radius 1 is 0.947 bits per heavy atom. The Morgan fingerprint density at radius 2 is 1.74 bits per heavy atom. The van der Waals surface area contributed by atoms with Crippen LogP contribution < -0.4 is 4.74 Å². The largest absolute Gasteiger partial charge is 0.487 e. The smallest absolute Gasteiger partial charge is 0.269 e. The van der Waals surface area contributed by atoms with Crippen molar-refractivity contribution >= 4 is 0 Å². The van der Waals surface area contributed by atoms with E-state index < -0.39 is 0 Å². The first kappa shape index (κ1) is 11.3. The maximum absolute atomic E-state index is 5.62. The predicted octanol–water partition coefficient (Wildman–Crippen LogP) is 1.64. The summed E-state index contributed by atoms with van der Waals surface area (Å²) in [4.78, 5) is 9.81. The summed E-state index contributed by atoms with van der Waals surface area (Å²) in [7, 11) is 0. The van der Waals surface area contributed by atoms with Crippen LogP contribution >= 0.6 is 0 Å². The zero-order valence-electron chi connectivity index (χ0n) is 10.0. The number of nitrogens with zero attached hydrogens (tertiary/aromatic N) is 5. The summed E-state index contributed by atoms with van der Waals surface area (Å²) in [5.74, 6) is 1.24. The quantitative estimate of drug-likeness (QED) is 0.707. The molecule has 3 aromatic rings. The van der Waals surface area contributed by atoms with Gasteiger partial charge in [0.05, 0.1) is 18.1 Å². The van der Waals surface area contributed by atoms with Crippen molar-refractivity contribution in [1.29, 1.82) is 0 Å². The molecule has 1 aromatic carbocycles. The van der Waals surface area contributed by atoms with Crippen LogP contribution in [0.5, 0.6) is 5.75 Å². The molecule has 0 unspecified atom stereocenters. The Bertz CT molecular complexity index is 639. The number of aromatic nitrogens is 5. The molecule has 2 aromatic heterocycles. The topological polar surface area (TPSA) is 65.7 Å². The van der Waals surface area contributed by atoms with E-state index in [-0.39, 0.29) is 0 Å². The summed E-state index contributed by atoms with van der Waals surface area (Å²) in [5, 5.41) is 7.97. The molecule has 0 aliphatic carbocycles. The van der Waals surface area contributed by atoms with Crippen molar-refractivity contribution in [1.82, 2.24) is 25.0 Å². The second kappa shape index (κ2) is 5.26. The fraction of sp³-hybridized carbons (Fsp3) is 0.0769. The molecule has 0 N–H and O–H groups in total. The summed E-state index contributed by atoms with van der Waals surface area (Å²) >= 11 is 0. The predicted molar refractivity (Wildman–Crippen MR) is 67.7 cm³/mol. The Kier molecular flexibility index (Phi) is 3.14. The van der Waals surface area contributed by atoms with Gasteiger partial charge >= 0.3 is 0 Å². The third-order valence-corrected chi connectivity index (χ3v) is 2.43. The second-order valence-corrected chi connectivity index (χ2v) is 3.77. The molecule has 19 heavy (non-hydrogen) atoms. The van der Waals surface area contributed by atoms with Gasteiger partial charge in [-0.15, -0.1) is 4.80 Å². The van der Waals surface area contributed by atoms with E-state index in [1.807, 2.05) is 30.3 Å². The fourth-order valence-electron chi connectivity index (χ4n) is 1.55. The number of ether oxygens (including phenoxy) is 1. The van der Waals surface area contributed by atoms with Crippen LogP contribution in [0.2, 0.25) is 0 Å². The van der Waals surface area contributed by atoms with Crippen molar-refractivity contribution < 1.29 is 4.74 Å². The van der Waals surface area contributed by atoms with E-state index >= 15 is 0 Å². The van der Waals surface area contributed by atoms with Gasteiger partial charge in [-0.1, -0.05) is 18.2 Å². The van der Waals surface area contributed by atoms with E-state index in [0.717, 1.165) is 11.4 Å². The first-order valence-electron chi connectivity index (χ1n) is 5.78. The third-order valence-electron chi connectivity index (χ3n) is 2.43. The van der Waals surface area contributed by atoms with Crippen LogP contribution in [-0.2, 0) is 6.61 Å². The van der Waals surface area contributed by atoms with E-state index in [4.69, 9.17) is 4.74 Å². The van der Waals surface area contributed by atoms with Gasteiger partial charge in [0.2, 0.25) is 0 Å². The minimum atomic E-state index is 0.376. The van der Waals surface area contributed by atoms with Crippen molar-refractivity contribution in [2.24, 2.45) is 0 Å². The molecule has 0 saturated heterocycles. The van der Waals surface area contributed by atoms with Crippen molar-refractivity contribution in [2.45, 2.75) is 6.61 Å². The molecule has 2 heterocycles. The highest BCUT2D eigenvalue weighted by Gasteiger charge is 2.03. The van der Waals surface area contributed by atoms with Crippen LogP contribution in [0.15, 0.2) is 55.0 Å². The molecule has 94 valence electrons. The molecular weight excluding hydrogens is 242 g/mol. The highest BCUT2D eigenvalue weighted by atomic mass is 16.5. The van der Waals surface area contributed by atoms with Gasteiger partial charge in [-0.2, -0.15) is 10.2 Å². The van der Waals surface area contributed by atoms with Gasteiger partial charge in [0.25, 0.3) is 5.95 Å². The van der Waals surface area contributed by atoms with Gasteiger partial charge in [-0.25, -0.2) is 9.97 Å². The van der Waals surface area contributed by atoms with Gasteiger partial charge in [-0.05, 0) is 18.2 Å². The summed E-state index contributed by atoms with van der Waals surface area (Å²) in [6.07, 6.45) is 4.82. The van der Waals surface area contributed by atoms with Crippen LogP contribution in [-0.4, -0.2) is 25.0 Å². The average Bonchev–Trinajstić information content (AvgIpc) is 3.01. The van der Waals surface area contributed by atoms with Gasteiger partial charge < -0.3 is 4.74 Å². The third kappa shape index (κ3) is 2.74. The van der Waals surface area contributed by atoms with Gasteiger partial charge in [0.1, 0.15) is 12.4 Å². The highest BCUT2D eigenvalue weighted by Crippen LogP contribution is 2.10. The van der Waals surface area contributed by atoms with E-state index in [1.54, 1.807) is 24.7 Å². The van der Waals surface area contributed by atoms with E-state index in [2.05, 4.69) is 20.2 Å². The normalized spacial score (nSPS) is 10.3. The van der Waals surface area contributed by atoms with Gasteiger partial charge in [-0.3, -0.25) is 0 Å². The van der Waals surface area contributed by atoms with Crippen molar-refractivity contribution in [2.75, 3.05) is 0 Å². The molecule has 0 bridgehead atoms. The lowest BCUT2D eigenvalue weighted by atomic mass is 10.3. The zero-order chi connectivity index (χ0) is 12.9. The average molecular weight is 253 g/mol. The molecule has 6 nitrogen and oxygen atoms in total. The Balaban J connectivity index is 1.74. The molecule has 0 aliphatic rings. The number of hydrogen-bond donors (Lipinski definition) is 0. The van der Waals surface area contributed by atoms with E-state index in [9.17, 15) is 0 Å². The molecular formula is C13H11N5O. The number of rotatable bonds is 4. The SMILES string of the molecule is c1ccc(OCc2ccnc(-n3nccn3)n2)cc1. The van der Waals surface area contributed by atoms with Crippen LogP contribution in [0.1, 0.15) is 5.69 Å². The lowest BCUT2D eigenvalue weighted by Crippen LogP contribution is -2.07. The van der Waals surface area contributed by atoms with Crippen molar-refractivity contribution in [3.63, 3.8) is 0 Å². The summed E-state index contributed by atoms with van der Waals surface area (Å²) in [6.45, 7) is 0.376. The Morgan fingerprint density at radius 3 is 2.53 bits per heavy atom. The van der Waals surface area contributed by atoms with Crippen LogP contribution in [0.3, 0.4) is 0 Å². The molecule has 0 spiro atoms. The monoisotopic (exact) mass is 253 g/mol. The minimum absolute atomic E-state index is 0.376. The highest BCUT2D eigenvalue weighted by molar-refractivity contribution is 5.21. The van der Waals surface area contributed by atoms with Crippen molar-refractivity contribution in [3.8, 4) is 11.7 Å². The molecule has 0 aliphatic heterocycles. The lowest BCUT2D eigenvalue weighted by Gasteiger charge is -2.05. The van der Waals surface area contributed by atoms with E-state index in [0.29, 0.717) is 12.6 Å². The Hall–Kier alpha value is -2.76. The molecule has 0 amide bonds. The van der Waals surface area contributed by atoms with Crippen LogP contribution in [0.25, 0.3) is 5.95 Å². The number of benzene rings is 1. The van der Waals surface area contributed by atoms with Gasteiger partial charge in [0, 0.05) is 6.20 Å². The number of para-hydroxylation sites is 1. The van der Waals surface area contributed by atoms with Crippen LogP contribution in [0, 0.1) is 0 Å². The molecule has 6 heteroatoms. The minimum Gasteiger partial charge on any atom is -0.487 e.